The summed E-state index contributed by atoms with van der Waals surface area (Å²) in [5.74, 6) is 0.908. The number of furan rings is 1. The van der Waals surface area contributed by atoms with Gasteiger partial charge in [-0.15, -0.1) is 24.0 Å². The van der Waals surface area contributed by atoms with Crippen molar-refractivity contribution in [1.29, 1.82) is 0 Å². The Morgan fingerprint density at radius 1 is 1.13 bits per heavy atom. The van der Waals surface area contributed by atoms with Crippen molar-refractivity contribution >= 4 is 35.8 Å². The van der Waals surface area contributed by atoms with Crippen molar-refractivity contribution in [3.8, 4) is 0 Å². The van der Waals surface area contributed by atoms with Crippen LogP contribution in [-0.4, -0.2) is 60.9 Å². The van der Waals surface area contributed by atoms with E-state index in [1.54, 1.807) is 17.0 Å². The highest BCUT2D eigenvalue weighted by Crippen LogP contribution is 2.24. The van der Waals surface area contributed by atoms with Gasteiger partial charge in [0, 0.05) is 38.1 Å². The fourth-order valence-electron chi connectivity index (χ4n) is 3.37. The Morgan fingerprint density at radius 3 is 2.33 bits per heavy atom. The van der Waals surface area contributed by atoms with E-state index in [1.807, 2.05) is 19.1 Å². The Bertz CT molecular complexity index is 829. The number of hydrogen-bond donors (Lipinski definition) is 1. The van der Waals surface area contributed by atoms with Gasteiger partial charge in [-0.25, -0.2) is 4.39 Å². The fraction of sp³-hybridized carbons (Fsp3) is 0.455. The lowest BCUT2D eigenvalue weighted by atomic mass is 9.85. The van der Waals surface area contributed by atoms with E-state index in [4.69, 9.17) is 9.41 Å². The second kappa shape index (κ2) is 10.8. The molecule has 1 aliphatic rings. The zero-order valence-electron chi connectivity index (χ0n) is 17.7. The molecule has 0 aliphatic carbocycles. The number of guanidine groups is 1. The average Bonchev–Trinajstić information content (AvgIpc) is 3.26. The van der Waals surface area contributed by atoms with Crippen molar-refractivity contribution in [1.82, 2.24) is 15.1 Å². The number of carbonyl (C=O) groups is 1. The molecule has 1 fully saturated rings. The normalized spacial score (nSPS) is 15.0. The molecule has 1 N–H and O–H groups in total. The predicted octanol–water partition coefficient (Wildman–Crippen LogP) is 3.74. The minimum Gasteiger partial charge on any atom is -0.459 e. The first-order chi connectivity index (χ1) is 13.9. The van der Waals surface area contributed by atoms with Crippen molar-refractivity contribution < 1.29 is 13.6 Å². The van der Waals surface area contributed by atoms with Crippen LogP contribution in [0.2, 0.25) is 0 Å². The summed E-state index contributed by atoms with van der Waals surface area (Å²) in [5.41, 5.74) is 0.832. The number of benzene rings is 1. The minimum absolute atomic E-state index is 0. The van der Waals surface area contributed by atoms with E-state index in [0.717, 1.165) is 18.1 Å². The second-order valence-corrected chi connectivity index (χ2v) is 7.82. The van der Waals surface area contributed by atoms with Crippen LogP contribution >= 0.6 is 24.0 Å². The molecule has 3 rings (SSSR count). The monoisotopic (exact) mass is 528 g/mol. The number of aliphatic imine (C=N–C) groups is 1. The van der Waals surface area contributed by atoms with Crippen molar-refractivity contribution in [2.24, 2.45) is 4.99 Å². The summed E-state index contributed by atoms with van der Waals surface area (Å²) in [5, 5.41) is 3.35. The highest BCUT2D eigenvalue weighted by molar-refractivity contribution is 14.0. The second-order valence-electron chi connectivity index (χ2n) is 7.82. The lowest BCUT2D eigenvalue weighted by Gasteiger charge is -2.36. The average molecular weight is 528 g/mol. The molecule has 0 bridgehead atoms. The van der Waals surface area contributed by atoms with E-state index < -0.39 is 0 Å². The highest BCUT2D eigenvalue weighted by Gasteiger charge is 2.26. The topological polar surface area (TPSA) is 61.1 Å². The summed E-state index contributed by atoms with van der Waals surface area (Å²) in [6, 6.07) is 10.0. The first-order valence-electron chi connectivity index (χ1n) is 10.0. The van der Waals surface area contributed by atoms with Crippen LogP contribution in [0.25, 0.3) is 0 Å². The molecular formula is C22H30FIN4O2. The molecular weight excluding hydrogens is 498 g/mol. The molecule has 1 amide bonds. The number of nitrogens with one attached hydrogen (secondary N) is 1. The molecule has 30 heavy (non-hydrogen) atoms. The van der Waals surface area contributed by atoms with Crippen LogP contribution < -0.4 is 5.32 Å². The lowest BCUT2D eigenvalue weighted by molar-refractivity contribution is 0.0657. The SMILES string of the molecule is CCNC(=NCC(C)(C)c1ccc(F)cc1)N1CCN(C(=O)c2ccco2)CC1.I. The van der Waals surface area contributed by atoms with E-state index in [9.17, 15) is 9.18 Å². The molecule has 2 heterocycles. The minimum atomic E-state index is -0.233. The number of hydrogen-bond acceptors (Lipinski definition) is 3. The summed E-state index contributed by atoms with van der Waals surface area (Å²) < 4.78 is 18.5. The Morgan fingerprint density at radius 2 is 1.77 bits per heavy atom. The highest BCUT2D eigenvalue weighted by atomic mass is 127. The molecule has 8 heteroatoms. The van der Waals surface area contributed by atoms with Gasteiger partial charge in [0.25, 0.3) is 5.91 Å². The molecule has 1 saturated heterocycles. The van der Waals surface area contributed by atoms with Crippen molar-refractivity contribution in [2.75, 3.05) is 39.3 Å². The Labute approximate surface area is 194 Å². The van der Waals surface area contributed by atoms with E-state index in [-0.39, 0.29) is 41.1 Å². The van der Waals surface area contributed by atoms with E-state index in [0.29, 0.717) is 38.5 Å². The van der Waals surface area contributed by atoms with Crippen molar-refractivity contribution in [2.45, 2.75) is 26.2 Å². The van der Waals surface area contributed by atoms with E-state index in [1.165, 1.54) is 18.4 Å². The largest absolute Gasteiger partial charge is 0.459 e. The maximum atomic E-state index is 13.2. The number of nitrogens with zero attached hydrogens (tertiary/aromatic N) is 3. The van der Waals surface area contributed by atoms with Crippen LogP contribution in [-0.2, 0) is 5.41 Å². The lowest BCUT2D eigenvalue weighted by Crippen LogP contribution is -2.54. The number of rotatable bonds is 5. The Hall–Kier alpha value is -2.10. The number of carbonyl (C=O) groups excluding carboxylic acids is 1. The first-order valence-corrected chi connectivity index (χ1v) is 10.0. The number of amides is 1. The van der Waals surface area contributed by atoms with Gasteiger partial charge in [-0.2, -0.15) is 0 Å². The van der Waals surface area contributed by atoms with E-state index in [2.05, 4.69) is 24.1 Å². The summed E-state index contributed by atoms with van der Waals surface area (Å²) in [4.78, 5) is 21.3. The van der Waals surface area contributed by atoms with Gasteiger partial charge < -0.3 is 19.5 Å². The predicted molar refractivity (Wildman–Crippen MR) is 127 cm³/mol. The van der Waals surface area contributed by atoms with Crippen LogP contribution in [0.15, 0.2) is 52.1 Å². The molecule has 1 aromatic heterocycles. The Kier molecular flexibility index (Phi) is 8.69. The van der Waals surface area contributed by atoms with Gasteiger partial charge in [-0.3, -0.25) is 9.79 Å². The van der Waals surface area contributed by atoms with Gasteiger partial charge >= 0.3 is 0 Å². The third-order valence-electron chi connectivity index (χ3n) is 5.18. The quantitative estimate of drug-likeness (QED) is 0.365. The zero-order chi connectivity index (χ0) is 20.9. The zero-order valence-corrected chi connectivity index (χ0v) is 20.1. The summed E-state index contributed by atoms with van der Waals surface area (Å²) >= 11 is 0. The molecule has 0 saturated carbocycles. The molecule has 0 atom stereocenters. The summed E-state index contributed by atoms with van der Waals surface area (Å²) in [6.45, 7) is 10.2. The smallest absolute Gasteiger partial charge is 0.289 e. The van der Waals surface area contributed by atoms with Crippen LogP contribution in [0.5, 0.6) is 0 Å². The van der Waals surface area contributed by atoms with Gasteiger partial charge in [-0.05, 0) is 36.8 Å². The van der Waals surface area contributed by atoms with E-state index >= 15 is 0 Å². The third-order valence-corrected chi connectivity index (χ3v) is 5.18. The fourth-order valence-corrected chi connectivity index (χ4v) is 3.37. The number of halogens is 2. The molecule has 0 spiro atoms. The maximum Gasteiger partial charge on any atom is 0.289 e. The molecule has 6 nitrogen and oxygen atoms in total. The Balaban J connectivity index is 0.00000320. The maximum absolute atomic E-state index is 13.2. The molecule has 1 aromatic carbocycles. The van der Waals surface area contributed by atoms with Crippen LogP contribution in [0.4, 0.5) is 4.39 Å². The molecule has 2 aromatic rings. The van der Waals surface area contributed by atoms with Gasteiger partial charge in [0.2, 0.25) is 0 Å². The van der Waals surface area contributed by atoms with Gasteiger partial charge in [0.05, 0.1) is 12.8 Å². The molecule has 0 radical (unpaired) electrons. The molecule has 164 valence electrons. The van der Waals surface area contributed by atoms with Crippen molar-refractivity contribution in [3.63, 3.8) is 0 Å². The first kappa shape index (κ1) is 24.2. The summed E-state index contributed by atoms with van der Waals surface area (Å²) in [6.07, 6.45) is 1.52. The van der Waals surface area contributed by atoms with Gasteiger partial charge in [-0.1, -0.05) is 26.0 Å². The molecule has 1 aliphatic heterocycles. The van der Waals surface area contributed by atoms with Gasteiger partial charge in [0.1, 0.15) is 5.82 Å². The van der Waals surface area contributed by atoms with Crippen LogP contribution in [0.1, 0.15) is 36.9 Å². The van der Waals surface area contributed by atoms with Crippen molar-refractivity contribution in [3.05, 3.63) is 59.8 Å². The number of piperazine rings is 1. The van der Waals surface area contributed by atoms with Crippen LogP contribution in [0, 0.1) is 5.82 Å². The molecule has 0 unspecified atom stereocenters. The standard InChI is InChI=1S/C22H29FN4O2.HI/c1-4-24-21(25-16-22(2,3)17-7-9-18(23)10-8-17)27-13-11-26(12-14-27)20(28)19-6-5-15-29-19;/h5-10,15H,4,11-14,16H2,1-3H3,(H,24,25);1H. The third kappa shape index (κ3) is 5.96. The van der Waals surface area contributed by atoms with Crippen LogP contribution in [0.3, 0.4) is 0 Å². The summed E-state index contributed by atoms with van der Waals surface area (Å²) in [7, 11) is 0. The van der Waals surface area contributed by atoms with Gasteiger partial charge in [0.15, 0.2) is 11.7 Å².